The second-order valence-electron chi connectivity index (χ2n) is 3.93. The van der Waals surface area contributed by atoms with Crippen LogP contribution >= 0.6 is 0 Å². The second-order valence-corrected chi connectivity index (χ2v) is 3.93. The molecule has 1 aromatic rings. The zero-order valence-electron chi connectivity index (χ0n) is 10.8. The average molecular weight is 254 g/mol. The van der Waals surface area contributed by atoms with Crippen LogP contribution in [-0.2, 0) is 17.9 Å². The molecule has 1 rings (SSSR count). The molecule has 0 bridgehead atoms. The molecule has 7 nitrogen and oxygen atoms in total. The highest BCUT2D eigenvalue weighted by Crippen LogP contribution is 2.11. The highest BCUT2D eigenvalue weighted by atomic mass is 16.2. The number of carbonyl (C=O) groups excluding carboxylic acids is 1. The molecule has 0 fully saturated rings. The topological polar surface area (TPSA) is 99.1 Å². The van der Waals surface area contributed by atoms with Crippen molar-refractivity contribution >= 4 is 17.4 Å². The third-order valence-corrected chi connectivity index (χ3v) is 2.53. The van der Waals surface area contributed by atoms with Crippen LogP contribution in [0.2, 0.25) is 0 Å². The molecule has 1 amide bonds. The third-order valence-electron chi connectivity index (χ3n) is 2.53. The molecule has 0 saturated carbocycles. The number of carbonyl (C=O) groups is 1. The summed E-state index contributed by atoms with van der Waals surface area (Å²) < 4.78 is 2.35. The Bertz CT molecular complexity index is 571. The van der Waals surface area contributed by atoms with Gasteiger partial charge in [-0.25, -0.2) is 4.79 Å². The van der Waals surface area contributed by atoms with Crippen molar-refractivity contribution in [3.8, 4) is 0 Å². The lowest BCUT2D eigenvalue weighted by Crippen LogP contribution is -2.42. The Kier molecular flexibility index (Phi) is 4.30. The molecule has 1 heterocycles. The highest BCUT2D eigenvalue weighted by molar-refractivity contribution is 5.91. The number of amides is 1. The first kappa shape index (κ1) is 14.0. The summed E-state index contributed by atoms with van der Waals surface area (Å²) in [5, 5.41) is 2.39. The number of aromatic nitrogens is 2. The summed E-state index contributed by atoms with van der Waals surface area (Å²) in [6.45, 7) is 5.49. The molecule has 7 heteroatoms. The maximum absolute atomic E-state index is 12.0. The van der Waals surface area contributed by atoms with Gasteiger partial charge in [-0.2, -0.15) is 0 Å². The van der Waals surface area contributed by atoms with E-state index in [1.165, 1.54) is 11.5 Å². The van der Waals surface area contributed by atoms with E-state index < -0.39 is 17.2 Å². The fourth-order valence-electron chi connectivity index (χ4n) is 1.73. The van der Waals surface area contributed by atoms with E-state index in [0.717, 1.165) is 4.57 Å². The highest BCUT2D eigenvalue weighted by Gasteiger charge is 2.16. The Morgan fingerprint density at radius 1 is 1.28 bits per heavy atom. The molecule has 100 valence electrons. The summed E-state index contributed by atoms with van der Waals surface area (Å²) in [4.78, 5) is 35.1. The Morgan fingerprint density at radius 2 is 1.89 bits per heavy atom. The minimum absolute atomic E-state index is 0.00625. The molecule has 0 aliphatic carbocycles. The van der Waals surface area contributed by atoms with Gasteiger partial charge >= 0.3 is 5.69 Å². The standard InChI is InChI=1S/C11H18N4O3/c1-4-6-15-9(12)8(13-7(3)16)10(17)14(5-2)11(15)18/h4-6,12H2,1-3H3,(H,13,16). The zero-order chi connectivity index (χ0) is 13.9. The van der Waals surface area contributed by atoms with Crippen molar-refractivity contribution in [2.75, 3.05) is 11.1 Å². The molecule has 0 aliphatic heterocycles. The largest absolute Gasteiger partial charge is 0.383 e. The van der Waals surface area contributed by atoms with Gasteiger partial charge in [-0.15, -0.1) is 0 Å². The van der Waals surface area contributed by atoms with E-state index in [4.69, 9.17) is 5.73 Å². The lowest BCUT2D eigenvalue weighted by atomic mass is 10.4. The zero-order valence-corrected chi connectivity index (χ0v) is 10.8. The van der Waals surface area contributed by atoms with Crippen molar-refractivity contribution in [3.63, 3.8) is 0 Å². The van der Waals surface area contributed by atoms with Crippen molar-refractivity contribution in [1.82, 2.24) is 9.13 Å². The van der Waals surface area contributed by atoms with Gasteiger partial charge in [0.15, 0.2) is 0 Å². The summed E-state index contributed by atoms with van der Waals surface area (Å²) in [5.41, 5.74) is 4.73. The van der Waals surface area contributed by atoms with Crippen molar-refractivity contribution in [3.05, 3.63) is 20.8 Å². The lowest BCUT2D eigenvalue weighted by molar-refractivity contribution is -0.114. The lowest BCUT2D eigenvalue weighted by Gasteiger charge is -2.15. The smallest absolute Gasteiger partial charge is 0.332 e. The maximum atomic E-state index is 12.0. The number of hydrogen-bond donors (Lipinski definition) is 2. The van der Waals surface area contributed by atoms with E-state index in [1.54, 1.807) is 6.92 Å². The van der Waals surface area contributed by atoms with Crippen LogP contribution in [0.1, 0.15) is 27.2 Å². The molecule has 0 radical (unpaired) electrons. The van der Waals surface area contributed by atoms with Crippen LogP contribution in [0.3, 0.4) is 0 Å². The van der Waals surface area contributed by atoms with Gasteiger partial charge in [-0.3, -0.25) is 18.7 Å². The number of nitrogens with one attached hydrogen (secondary N) is 1. The van der Waals surface area contributed by atoms with Crippen molar-refractivity contribution in [1.29, 1.82) is 0 Å². The van der Waals surface area contributed by atoms with Crippen molar-refractivity contribution in [2.45, 2.75) is 40.3 Å². The first-order chi connectivity index (χ1) is 8.43. The molecule has 1 aromatic heterocycles. The molecule has 0 aromatic carbocycles. The van der Waals surface area contributed by atoms with Crippen LogP contribution in [0.4, 0.5) is 11.5 Å². The van der Waals surface area contributed by atoms with E-state index in [1.807, 2.05) is 6.92 Å². The number of nitrogen functional groups attached to an aromatic ring is 1. The first-order valence-corrected chi connectivity index (χ1v) is 5.84. The fraction of sp³-hybridized carbons (Fsp3) is 0.545. The number of rotatable bonds is 4. The second kappa shape index (κ2) is 5.52. The van der Waals surface area contributed by atoms with Gasteiger partial charge < -0.3 is 11.1 Å². The SMILES string of the molecule is CCCn1c(N)c(NC(C)=O)c(=O)n(CC)c1=O. The van der Waals surface area contributed by atoms with Gasteiger partial charge in [0, 0.05) is 20.0 Å². The summed E-state index contributed by atoms with van der Waals surface area (Å²) in [5.74, 6) is -0.394. The van der Waals surface area contributed by atoms with Crippen LogP contribution in [-0.4, -0.2) is 15.0 Å². The van der Waals surface area contributed by atoms with Crippen LogP contribution < -0.4 is 22.3 Å². The molecule has 0 spiro atoms. The molecule has 3 N–H and O–H groups in total. The van der Waals surface area contributed by atoms with Crippen LogP contribution in [0, 0.1) is 0 Å². The van der Waals surface area contributed by atoms with Crippen molar-refractivity contribution in [2.24, 2.45) is 0 Å². The number of nitrogens with zero attached hydrogens (tertiary/aromatic N) is 2. The van der Waals surface area contributed by atoms with E-state index in [-0.39, 0.29) is 18.1 Å². The van der Waals surface area contributed by atoms with Gasteiger partial charge in [0.05, 0.1) is 0 Å². The maximum Gasteiger partial charge on any atom is 0.332 e. The molecular formula is C11H18N4O3. The summed E-state index contributed by atoms with van der Waals surface area (Å²) in [7, 11) is 0. The van der Waals surface area contributed by atoms with Crippen LogP contribution in [0.5, 0.6) is 0 Å². The predicted octanol–water partition coefficient (Wildman–Crippen LogP) is -0.0195. The van der Waals surface area contributed by atoms with E-state index in [9.17, 15) is 14.4 Å². The number of hydrogen-bond acceptors (Lipinski definition) is 4. The van der Waals surface area contributed by atoms with Gasteiger partial charge in [-0.1, -0.05) is 6.92 Å². The van der Waals surface area contributed by atoms with E-state index >= 15 is 0 Å². The number of anilines is 2. The van der Waals surface area contributed by atoms with Crippen LogP contribution in [0.15, 0.2) is 9.59 Å². The summed E-state index contributed by atoms with van der Waals surface area (Å²) in [6.07, 6.45) is 0.700. The Hall–Kier alpha value is -2.05. The molecule has 18 heavy (non-hydrogen) atoms. The van der Waals surface area contributed by atoms with Crippen LogP contribution in [0.25, 0.3) is 0 Å². The molecule has 0 aliphatic rings. The minimum Gasteiger partial charge on any atom is -0.383 e. The monoisotopic (exact) mass is 254 g/mol. The average Bonchev–Trinajstić information content (AvgIpc) is 2.31. The first-order valence-electron chi connectivity index (χ1n) is 5.84. The quantitative estimate of drug-likeness (QED) is 0.788. The molecule has 0 atom stereocenters. The fourth-order valence-corrected chi connectivity index (χ4v) is 1.73. The Morgan fingerprint density at radius 3 is 2.33 bits per heavy atom. The van der Waals surface area contributed by atoms with Crippen molar-refractivity contribution < 1.29 is 4.79 Å². The Balaban J connectivity index is 3.61. The molecule has 0 unspecified atom stereocenters. The summed E-state index contributed by atoms with van der Waals surface area (Å²) >= 11 is 0. The predicted molar refractivity (Wildman–Crippen MR) is 69.6 cm³/mol. The normalized spacial score (nSPS) is 10.4. The third kappa shape index (κ3) is 2.44. The van der Waals surface area contributed by atoms with E-state index in [2.05, 4.69) is 5.32 Å². The van der Waals surface area contributed by atoms with Gasteiger partial charge in [0.1, 0.15) is 11.5 Å². The summed E-state index contributed by atoms with van der Waals surface area (Å²) in [6, 6.07) is 0. The molecule has 0 saturated heterocycles. The van der Waals surface area contributed by atoms with E-state index in [0.29, 0.717) is 13.0 Å². The Labute approximate surface area is 104 Å². The van der Waals surface area contributed by atoms with Gasteiger partial charge in [0.2, 0.25) is 5.91 Å². The minimum atomic E-state index is -0.567. The number of nitrogens with two attached hydrogens (primary N) is 1. The molecular weight excluding hydrogens is 236 g/mol. The van der Waals surface area contributed by atoms with Gasteiger partial charge in [-0.05, 0) is 13.3 Å². The van der Waals surface area contributed by atoms with Gasteiger partial charge in [0.25, 0.3) is 5.56 Å².